The van der Waals surface area contributed by atoms with Crippen LogP contribution >= 0.6 is 24.0 Å². The van der Waals surface area contributed by atoms with E-state index in [4.69, 9.17) is 12.2 Å². The molecule has 0 saturated carbocycles. The maximum Gasteiger partial charge on any atom is 0.270 e. The highest BCUT2D eigenvalue weighted by atomic mass is 32.2. The van der Waals surface area contributed by atoms with Gasteiger partial charge in [-0.3, -0.25) is 14.7 Å². The van der Waals surface area contributed by atoms with E-state index in [2.05, 4.69) is 4.98 Å². The van der Waals surface area contributed by atoms with Crippen molar-refractivity contribution in [2.45, 2.75) is 0 Å². The number of halogens is 1. The number of nitrogens with zero attached hydrogens (tertiary/aromatic N) is 2. The Hall–Kier alpha value is -2.05. The Morgan fingerprint density at radius 1 is 1.24 bits per heavy atom. The largest absolute Gasteiger partial charge is 0.270 e. The Balaban J connectivity index is 1.97. The number of rotatable bonds is 2. The fourth-order valence-corrected chi connectivity index (χ4v) is 3.21. The first-order chi connectivity index (χ1) is 10.2. The number of hydrogen-bond acceptors (Lipinski definition) is 4. The topological polar surface area (TPSA) is 33.2 Å². The third kappa shape index (κ3) is 2.72. The molecular formula is C15H9FN2OS2. The van der Waals surface area contributed by atoms with Gasteiger partial charge in [0, 0.05) is 12.4 Å². The molecule has 1 fully saturated rings. The summed E-state index contributed by atoms with van der Waals surface area (Å²) >= 11 is 6.35. The van der Waals surface area contributed by atoms with Crippen molar-refractivity contribution >= 4 is 46.0 Å². The van der Waals surface area contributed by atoms with Gasteiger partial charge in [-0.25, -0.2) is 4.39 Å². The molecule has 2 aromatic rings. The molecule has 0 spiro atoms. The minimum atomic E-state index is -0.476. The first-order valence-corrected chi connectivity index (χ1v) is 7.32. The number of hydrogen-bond donors (Lipinski definition) is 0. The summed E-state index contributed by atoms with van der Waals surface area (Å²) in [6, 6.07) is 9.70. The summed E-state index contributed by atoms with van der Waals surface area (Å²) in [6.07, 6.45) is 5.00. The molecule has 6 heteroatoms. The van der Waals surface area contributed by atoms with Crippen LogP contribution in [0.2, 0.25) is 0 Å². The number of aromatic nitrogens is 1. The lowest BCUT2D eigenvalue weighted by molar-refractivity contribution is -0.113. The van der Waals surface area contributed by atoms with Crippen LogP contribution in [0.15, 0.2) is 53.7 Å². The lowest BCUT2D eigenvalue weighted by atomic mass is 10.2. The zero-order valence-corrected chi connectivity index (χ0v) is 12.3. The summed E-state index contributed by atoms with van der Waals surface area (Å²) < 4.78 is 14.2. The van der Waals surface area contributed by atoms with Crippen molar-refractivity contribution in [1.29, 1.82) is 0 Å². The summed E-state index contributed by atoms with van der Waals surface area (Å²) in [5.41, 5.74) is 0.973. The molecule has 2 heterocycles. The van der Waals surface area contributed by atoms with Gasteiger partial charge in [-0.1, -0.05) is 42.2 Å². The third-order valence-corrected chi connectivity index (χ3v) is 4.17. The van der Waals surface area contributed by atoms with E-state index >= 15 is 0 Å². The Labute approximate surface area is 130 Å². The van der Waals surface area contributed by atoms with Gasteiger partial charge in [0.2, 0.25) is 0 Å². The Kier molecular flexibility index (Phi) is 3.81. The normalized spacial score (nSPS) is 16.8. The molecule has 1 aromatic carbocycles. The first-order valence-electron chi connectivity index (χ1n) is 6.09. The standard InChI is InChI=1S/C15H9FN2OS2/c16-11-5-1-2-6-12(11)18-14(19)13(21-15(18)20)8-10-4-3-7-17-9-10/h1-9H/b13-8+. The number of carbonyl (C=O) groups is 1. The Morgan fingerprint density at radius 2 is 2.05 bits per heavy atom. The zero-order valence-electron chi connectivity index (χ0n) is 10.7. The average molecular weight is 316 g/mol. The van der Waals surface area contributed by atoms with E-state index in [1.807, 2.05) is 6.07 Å². The van der Waals surface area contributed by atoms with Crippen molar-refractivity contribution in [1.82, 2.24) is 4.98 Å². The van der Waals surface area contributed by atoms with Gasteiger partial charge in [0.05, 0.1) is 10.6 Å². The zero-order chi connectivity index (χ0) is 14.8. The lowest BCUT2D eigenvalue weighted by Crippen LogP contribution is -2.28. The number of para-hydroxylation sites is 1. The molecule has 0 atom stereocenters. The van der Waals surface area contributed by atoms with E-state index in [9.17, 15) is 9.18 Å². The van der Waals surface area contributed by atoms with Crippen LogP contribution < -0.4 is 4.90 Å². The molecule has 0 aliphatic carbocycles. The third-order valence-electron chi connectivity index (χ3n) is 2.87. The molecule has 1 aliphatic heterocycles. The molecular weight excluding hydrogens is 307 g/mol. The van der Waals surface area contributed by atoms with Gasteiger partial charge in [0.15, 0.2) is 4.32 Å². The lowest BCUT2D eigenvalue weighted by Gasteiger charge is -2.14. The molecule has 3 rings (SSSR count). The van der Waals surface area contributed by atoms with Crippen molar-refractivity contribution in [3.63, 3.8) is 0 Å². The summed E-state index contributed by atoms with van der Waals surface area (Å²) in [5.74, 6) is -0.796. The van der Waals surface area contributed by atoms with Crippen molar-refractivity contribution in [3.8, 4) is 0 Å². The molecule has 1 aromatic heterocycles. The Morgan fingerprint density at radius 3 is 2.76 bits per heavy atom. The number of amides is 1. The van der Waals surface area contributed by atoms with Crippen LogP contribution in [0.3, 0.4) is 0 Å². The SMILES string of the molecule is O=C1/C(=C\c2cccnc2)SC(=S)N1c1ccccc1F. The van der Waals surface area contributed by atoms with E-state index in [0.717, 1.165) is 17.3 Å². The number of thiocarbonyl (C=S) groups is 1. The predicted molar refractivity (Wildman–Crippen MR) is 86.3 cm³/mol. The maximum atomic E-state index is 13.8. The summed E-state index contributed by atoms with van der Waals surface area (Å²) in [4.78, 5) is 18.1. The van der Waals surface area contributed by atoms with Gasteiger partial charge in [0.1, 0.15) is 5.82 Å². The van der Waals surface area contributed by atoms with E-state index < -0.39 is 5.82 Å². The van der Waals surface area contributed by atoms with Crippen molar-refractivity contribution in [2.24, 2.45) is 0 Å². The van der Waals surface area contributed by atoms with Gasteiger partial charge in [0.25, 0.3) is 5.91 Å². The summed E-state index contributed by atoms with van der Waals surface area (Å²) in [6.45, 7) is 0. The van der Waals surface area contributed by atoms with Crippen LogP contribution in [-0.2, 0) is 4.79 Å². The van der Waals surface area contributed by atoms with Crippen molar-refractivity contribution in [2.75, 3.05) is 4.90 Å². The van der Waals surface area contributed by atoms with Gasteiger partial charge in [-0.05, 0) is 29.8 Å². The van der Waals surface area contributed by atoms with E-state index in [-0.39, 0.29) is 11.6 Å². The molecule has 1 saturated heterocycles. The minimum Gasteiger partial charge on any atom is -0.268 e. The molecule has 0 unspecified atom stereocenters. The van der Waals surface area contributed by atoms with Crippen LogP contribution in [0.25, 0.3) is 6.08 Å². The molecule has 1 aliphatic rings. The smallest absolute Gasteiger partial charge is 0.268 e. The fourth-order valence-electron chi connectivity index (χ4n) is 1.92. The van der Waals surface area contributed by atoms with Crippen LogP contribution in [0.1, 0.15) is 5.56 Å². The second-order valence-electron chi connectivity index (χ2n) is 4.25. The molecule has 0 N–H and O–H groups in total. The predicted octanol–water partition coefficient (Wildman–Crippen LogP) is 3.63. The second kappa shape index (κ2) is 5.75. The number of benzene rings is 1. The maximum absolute atomic E-state index is 13.8. The molecule has 21 heavy (non-hydrogen) atoms. The summed E-state index contributed by atoms with van der Waals surface area (Å²) in [7, 11) is 0. The van der Waals surface area contributed by atoms with Gasteiger partial charge >= 0.3 is 0 Å². The average Bonchev–Trinajstić information content (AvgIpc) is 2.76. The molecule has 0 radical (unpaired) electrons. The van der Waals surface area contributed by atoms with E-state index in [0.29, 0.717) is 9.23 Å². The van der Waals surface area contributed by atoms with Crippen LogP contribution in [0.5, 0.6) is 0 Å². The van der Waals surface area contributed by atoms with Gasteiger partial charge in [-0.15, -0.1) is 0 Å². The summed E-state index contributed by atoms with van der Waals surface area (Å²) in [5, 5.41) is 0. The van der Waals surface area contributed by atoms with Crippen LogP contribution in [-0.4, -0.2) is 15.2 Å². The number of pyridine rings is 1. The quantitative estimate of drug-likeness (QED) is 0.626. The fraction of sp³-hybridized carbons (Fsp3) is 0. The van der Waals surface area contributed by atoms with Crippen molar-refractivity contribution in [3.05, 3.63) is 65.1 Å². The van der Waals surface area contributed by atoms with Crippen LogP contribution in [0.4, 0.5) is 10.1 Å². The number of carbonyl (C=O) groups excluding carboxylic acids is 1. The number of thioether (sulfide) groups is 1. The first kappa shape index (κ1) is 13.9. The van der Waals surface area contributed by atoms with Gasteiger partial charge < -0.3 is 0 Å². The van der Waals surface area contributed by atoms with Crippen molar-refractivity contribution < 1.29 is 9.18 Å². The molecule has 104 valence electrons. The minimum absolute atomic E-state index is 0.176. The molecule has 1 amide bonds. The Bertz CT molecular complexity index is 746. The van der Waals surface area contributed by atoms with E-state index in [1.165, 1.54) is 17.0 Å². The molecule has 0 bridgehead atoms. The van der Waals surface area contributed by atoms with Crippen LogP contribution in [0, 0.1) is 5.82 Å². The second-order valence-corrected chi connectivity index (χ2v) is 5.93. The van der Waals surface area contributed by atoms with Gasteiger partial charge in [-0.2, -0.15) is 0 Å². The number of anilines is 1. The monoisotopic (exact) mass is 316 g/mol. The highest BCUT2D eigenvalue weighted by Crippen LogP contribution is 2.36. The van der Waals surface area contributed by atoms with E-state index in [1.54, 1.807) is 36.7 Å². The highest BCUT2D eigenvalue weighted by molar-refractivity contribution is 8.27. The highest BCUT2D eigenvalue weighted by Gasteiger charge is 2.34. The molecule has 3 nitrogen and oxygen atoms in total.